The van der Waals surface area contributed by atoms with E-state index in [9.17, 15) is 32.9 Å². The van der Waals surface area contributed by atoms with Crippen LogP contribution in [-0.2, 0) is 9.53 Å². The fraction of sp³-hybridized carbons (Fsp3) is 0.412. The van der Waals surface area contributed by atoms with Crippen LogP contribution in [0.25, 0.3) is 0 Å². The third kappa shape index (κ3) is 5.06. The summed E-state index contributed by atoms with van der Waals surface area (Å²) in [7, 11) is 0. The summed E-state index contributed by atoms with van der Waals surface area (Å²) in [4.78, 5) is 34.6. The zero-order valence-corrected chi connectivity index (χ0v) is 15.5. The molecule has 0 fully saturated rings. The van der Waals surface area contributed by atoms with Gasteiger partial charge in [-0.2, -0.15) is 4.39 Å². The highest BCUT2D eigenvalue weighted by molar-refractivity contribution is 6.25. The van der Waals surface area contributed by atoms with Crippen molar-refractivity contribution in [1.82, 2.24) is 10.9 Å². The number of nitro benzene ring substituents is 1. The third-order valence-corrected chi connectivity index (χ3v) is 3.62. The highest BCUT2D eigenvalue weighted by Gasteiger charge is 2.37. The van der Waals surface area contributed by atoms with Crippen LogP contribution in [0.1, 0.15) is 42.6 Å². The van der Waals surface area contributed by atoms with Crippen molar-refractivity contribution >= 4 is 17.4 Å². The number of hydrogen-bond donors (Lipinski definition) is 2. The summed E-state index contributed by atoms with van der Waals surface area (Å²) in [6.45, 7) is 4.63. The molecule has 28 heavy (non-hydrogen) atoms. The van der Waals surface area contributed by atoms with Gasteiger partial charge in [0.1, 0.15) is 17.0 Å². The third-order valence-electron chi connectivity index (χ3n) is 3.62. The average molecular weight is 403 g/mol. The fourth-order valence-electron chi connectivity index (χ4n) is 2.11. The molecule has 154 valence electrons. The highest BCUT2D eigenvalue weighted by Crippen LogP contribution is 2.32. The van der Waals surface area contributed by atoms with Gasteiger partial charge in [-0.05, 0) is 13.3 Å². The van der Waals surface area contributed by atoms with Gasteiger partial charge in [0.2, 0.25) is 11.6 Å². The standard InChI is InChI=1S/C17H20F3N3O5/c1-4-6-7-28-17(25)10(8-22-21-5-2)16(24)11-12(18)9(3)13(19)14(20)15(11)23(26)27/h8,21-22H,4-7H2,1-3H3/b10-8+. The molecule has 0 amide bonds. The van der Waals surface area contributed by atoms with Gasteiger partial charge in [-0.1, -0.05) is 20.3 Å². The predicted molar refractivity (Wildman–Crippen MR) is 92.8 cm³/mol. The van der Waals surface area contributed by atoms with Gasteiger partial charge in [0.05, 0.1) is 11.5 Å². The Hall–Kier alpha value is -2.95. The van der Waals surface area contributed by atoms with E-state index in [1.807, 2.05) is 6.92 Å². The smallest absolute Gasteiger partial charge is 0.343 e. The van der Waals surface area contributed by atoms with E-state index in [1.54, 1.807) is 6.92 Å². The maximum atomic E-state index is 14.5. The summed E-state index contributed by atoms with van der Waals surface area (Å²) < 4.78 is 47.1. The molecule has 0 saturated heterocycles. The zero-order chi connectivity index (χ0) is 21.4. The average Bonchev–Trinajstić information content (AvgIpc) is 2.65. The molecule has 1 rings (SSSR count). The number of Topliss-reactive ketones (excluding diaryl/α,β-unsaturated/α-hetero) is 1. The van der Waals surface area contributed by atoms with E-state index in [2.05, 4.69) is 10.9 Å². The second kappa shape index (κ2) is 10.4. The molecular formula is C17H20F3N3O5. The molecule has 2 N–H and O–H groups in total. The minimum Gasteiger partial charge on any atom is -0.462 e. The minimum atomic E-state index is -1.99. The van der Waals surface area contributed by atoms with E-state index < -0.39 is 56.5 Å². The highest BCUT2D eigenvalue weighted by atomic mass is 19.2. The first-order valence-electron chi connectivity index (χ1n) is 8.40. The van der Waals surface area contributed by atoms with E-state index in [0.717, 1.165) is 13.1 Å². The van der Waals surface area contributed by atoms with Gasteiger partial charge in [-0.25, -0.2) is 19.0 Å². The number of carbonyl (C=O) groups is 2. The molecular weight excluding hydrogens is 383 g/mol. The SMILES string of the molecule is CCCCOC(=O)/C(=C/NNCC)C(=O)c1c(F)c(C)c(F)c(F)c1[N+](=O)[O-]. The molecule has 0 aromatic heterocycles. The van der Waals surface area contributed by atoms with Gasteiger partial charge < -0.3 is 10.2 Å². The van der Waals surface area contributed by atoms with E-state index in [4.69, 9.17) is 4.74 Å². The first kappa shape index (κ1) is 23.1. The van der Waals surface area contributed by atoms with Crippen LogP contribution in [0.4, 0.5) is 18.9 Å². The Morgan fingerprint density at radius 2 is 1.82 bits per heavy atom. The molecule has 0 radical (unpaired) electrons. The summed E-state index contributed by atoms with van der Waals surface area (Å²) >= 11 is 0. The first-order valence-corrected chi connectivity index (χ1v) is 8.40. The molecule has 0 spiro atoms. The van der Waals surface area contributed by atoms with Gasteiger partial charge in [0.25, 0.3) is 0 Å². The maximum Gasteiger partial charge on any atom is 0.343 e. The van der Waals surface area contributed by atoms with E-state index in [1.165, 1.54) is 0 Å². The number of ether oxygens (including phenoxy) is 1. The number of ketones is 1. The van der Waals surface area contributed by atoms with Crippen LogP contribution in [0.15, 0.2) is 11.8 Å². The lowest BCUT2D eigenvalue weighted by Gasteiger charge is -2.11. The molecule has 0 heterocycles. The van der Waals surface area contributed by atoms with Crippen LogP contribution in [-0.4, -0.2) is 29.8 Å². The molecule has 0 unspecified atom stereocenters. The van der Waals surface area contributed by atoms with Gasteiger partial charge in [0.15, 0.2) is 5.82 Å². The number of carbonyl (C=O) groups excluding carboxylic acids is 2. The van der Waals surface area contributed by atoms with Crippen LogP contribution >= 0.6 is 0 Å². The maximum absolute atomic E-state index is 14.5. The number of rotatable bonds is 10. The molecule has 0 saturated carbocycles. The van der Waals surface area contributed by atoms with Crippen molar-refractivity contribution in [2.24, 2.45) is 0 Å². The van der Waals surface area contributed by atoms with Crippen LogP contribution in [0.3, 0.4) is 0 Å². The van der Waals surface area contributed by atoms with Crippen LogP contribution in [0.2, 0.25) is 0 Å². The Bertz CT molecular complexity index is 812. The number of nitrogens with zero attached hydrogens (tertiary/aromatic N) is 1. The van der Waals surface area contributed by atoms with Crippen LogP contribution in [0.5, 0.6) is 0 Å². The monoisotopic (exact) mass is 403 g/mol. The minimum absolute atomic E-state index is 0.0530. The second-order valence-electron chi connectivity index (χ2n) is 5.60. The molecule has 11 heteroatoms. The number of benzene rings is 1. The van der Waals surface area contributed by atoms with Gasteiger partial charge in [0, 0.05) is 18.3 Å². The molecule has 1 aromatic carbocycles. The van der Waals surface area contributed by atoms with Gasteiger partial charge in [-0.3, -0.25) is 14.9 Å². The summed E-state index contributed by atoms with van der Waals surface area (Å²) in [5.74, 6) is -8.13. The van der Waals surface area contributed by atoms with Crippen molar-refractivity contribution < 1.29 is 32.4 Å². The van der Waals surface area contributed by atoms with Crippen molar-refractivity contribution in [2.45, 2.75) is 33.6 Å². The molecule has 0 aliphatic heterocycles. The number of hydrogen-bond acceptors (Lipinski definition) is 7. The second-order valence-corrected chi connectivity index (χ2v) is 5.60. The number of nitro groups is 1. The molecule has 8 nitrogen and oxygen atoms in total. The van der Waals surface area contributed by atoms with E-state index in [0.29, 0.717) is 19.4 Å². The Kier molecular flexibility index (Phi) is 8.58. The molecule has 0 aliphatic rings. The molecule has 1 aromatic rings. The van der Waals surface area contributed by atoms with Crippen molar-refractivity contribution in [3.05, 3.63) is 50.5 Å². The Balaban J connectivity index is 3.52. The number of unbranched alkanes of at least 4 members (excludes halogenated alkanes) is 1. The van der Waals surface area contributed by atoms with Crippen molar-refractivity contribution in [2.75, 3.05) is 13.2 Å². The van der Waals surface area contributed by atoms with Crippen molar-refractivity contribution in [3.63, 3.8) is 0 Å². The number of halogens is 3. The van der Waals surface area contributed by atoms with Gasteiger partial charge in [-0.15, -0.1) is 0 Å². The summed E-state index contributed by atoms with van der Waals surface area (Å²) in [5, 5.41) is 11.1. The fourth-order valence-corrected chi connectivity index (χ4v) is 2.11. The molecule has 0 aliphatic carbocycles. The number of hydrazine groups is 1. The quantitative estimate of drug-likeness (QED) is 0.0711. The van der Waals surface area contributed by atoms with Crippen molar-refractivity contribution in [3.8, 4) is 0 Å². The summed E-state index contributed by atoms with van der Waals surface area (Å²) in [6.07, 6.45) is 1.98. The molecule has 0 bridgehead atoms. The lowest BCUT2D eigenvalue weighted by atomic mass is 9.98. The largest absolute Gasteiger partial charge is 0.462 e. The lowest BCUT2D eigenvalue weighted by molar-refractivity contribution is -0.388. The Morgan fingerprint density at radius 1 is 1.18 bits per heavy atom. The number of nitrogens with one attached hydrogen (secondary N) is 2. The summed E-state index contributed by atoms with van der Waals surface area (Å²) in [6, 6.07) is 0. The van der Waals surface area contributed by atoms with Crippen LogP contribution in [0, 0.1) is 34.5 Å². The first-order chi connectivity index (χ1) is 13.2. The van der Waals surface area contributed by atoms with E-state index >= 15 is 0 Å². The summed E-state index contributed by atoms with van der Waals surface area (Å²) in [5.41, 5.74) is 0.118. The van der Waals surface area contributed by atoms with E-state index in [-0.39, 0.29) is 6.61 Å². The normalized spacial score (nSPS) is 11.3. The number of esters is 1. The van der Waals surface area contributed by atoms with Gasteiger partial charge >= 0.3 is 11.7 Å². The topological polar surface area (TPSA) is 111 Å². The predicted octanol–water partition coefficient (Wildman–Crippen LogP) is 2.84. The Morgan fingerprint density at radius 3 is 2.36 bits per heavy atom. The zero-order valence-electron chi connectivity index (χ0n) is 15.5. The lowest BCUT2D eigenvalue weighted by Crippen LogP contribution is -2.29. The Labute approximate surface area is 158 Å². The van der Waals surface area contributed by atoms with Crippen molar-refractivity contribution in [1.29, 1.82) is 0 Å². The molecule has 0 atom stereocenters. The van der Waals surface area contributed by atoms with Crippen LogP contribution < -0.4 is 10.9 Å².